The summed E-state index contributed by atoms with van der Waals surface area (Å²) in [7, 11) is 3.14. The third-order valence-electron chi connectivity index (χ3n) is 6.81. The second-order valence-electron chi connectivity index (χ2n) is 9.13. The summed E-state index contributed by atoms with van der Waals surface area (Å²) in [5.41, 5.74) is 1.19. The molecular formula is C30H23F2N3O5. The normalized spacial score (nSPS) is 11.9. The van der Waals surface area contributed by atoms with Crippen LogP contribution in [-0.2, 0) is 18.3 Å². The molecule has 0 saturated heterocycles. The van der Waals surface area contributed by atoms with Crippen molar-refractivity contribution >= 4 is 33.7 Å². The Kier molecular flexibility index (Phi) is 7.00. The van der Waals surface area contributed by atoms with Gasteiger partial charge in [0.15, 0.2) is 0 Å². The molecule has 0 spiro atoms. The number of pyridine rings is 2. The first-order valence-electron chi connectivity index (χ1n) is 12.2. The number of fused-ring (bicyclic) bond motifs is 2. The second-order valence-corrected chi connectivity index (χ2v) is 9.13. The van der Waals surface area contributed by atoms with Crippen molar-refractivity contribution in [3.8, 4) is 16.9 Å². The molecule has 2 heterocycles. The molecule has 5 rings (SSSR count). The SMILES string of the molecule is COc1c(-c2ccc(C[C@H](NC(=O)c3c(F)cccc3F)C(=O)O)c3cccnc23)c(=O)n(C)c2ccccc12. The summed E-state index contributed by atoms with van der Waals surface area (Å²) in [6.45, 7) is 0. The van der Waals surface area contributed by atoms with Gasteiger partial charge in [0.2, 0.25) is 0 Å². The van der Waals surface area contributed by atoms with Crippen LogP contribution in [0.3, 0.4) is 0 Å². The van der Waals surface area contributed by atoms with Crippen LogP contribution >= 0.6 is 0 Å². The van der Waals surface area contributed by atoms with Crippen molar-refractivity contribution in [2.45, 2.75) is 12.5 Å². The number of nitrogens with one attached hydrogen (secondary N) is 1. The number of halogens is 2. The molecule has 202 valence electrons. The molecule has 0 aliphatic rings. The number of benzene rings is 3. The fraction of sp³-hybridized carbons (Fsp3) is 0.133. The lowest BCUT2D eigenvalue weighted by molar-refractivity contribution is -0.139. The number of rotatable bonds is 7. The molecule has 0 fully saturated rings. The maximum Gasteiger partial charge on any atom is 0.326 e. The molecule has 2 N–H and O–H groups in total. The van der Waals surface area contributed by atoms with Gasteiger partial charge in [0.05, 0.1) is 23.7 Å². The highest BCUT2D eigenvalue weighted by atomic mass is 19.1. The van der Waals surface area contributed by atoms with Crippen LogP contribution < -0.4 is 15.6 Å². The van der Waals surface area contributed by atoms with Gasteiger partial charge in [-0.15, -0.1) is 0 Å². The highest BCUT2D eigenvalue weighted by Gasteiger charge is 2.27. The number of aliphatic carboxylic acids is 1. The van der Waals surface area contributed by atoms with Crippen molar-refractivity contribution in [1.29, 1.82) is 0 Å². The number of carbonyl (C=O) groups excluding carboxylic acids is 1. The van der Waals surface area contributed by atoms with E-state index in [0.29, 0.717) is 33.3 Å². The third-order valence-corrected chi connectivity index (χ3v) is 6.81. The van der Waals surface area contributed by atoms with E-state index in [1.807, 2.05) is 24.3 Å². The lowest BCUT2D eigenvalue weighted by Gasteiger charge is -2.19. The molecule has 5 aromatic rings. The Bertz CT molecular complexity index is 1850. The molecule has 0 bridgehead atoms. The summed E-state index contributed by atoms with van der Waals surface area (Å²) in [4.78, 5) is 42.7. The number of carbonyl (C=O) groups is 2. The van der Waals surface area contributed by atoms with E-state index in [1.165, 1.54) is 11.7 Å². The van der Waals surface area contributed by atoms with Gasteiger partial charge in [-0.25, -0.2) is 13.6 Å². The Hall–Kier alpha value is -5.12. The van der Waals surface area contributed by atoms with Gasteiger partial charge < -0.3 is 19.7 Å². The van der Waals surface area contributed by atoms with Gasteiger partial charge in [-0.2, -0.15) is 0 Å². The van der Waals surface area contributed by atoms with Crippen LogP contribution in [0.25, 0.3) is 32.9 Å². The van der Waals surface area contributed by atoms with Gasteiger partial charge in [0, 0.05) is 36.0 Å². The Labute approximate surface area is 226 Å². The highest BCUT2D eigenvalue weighted by Crippen LogP contribution is 2.37. The van der Waals surface area contributed by atoms with E-state index in [9.17, 15) is 28.3 Å². The molecular weight excluding hydrogens is 520 g/mol. The van der Waals surface area contributed by atoms with E-state index >= 15 is 0 Å². The molecule has 2 aromatic heterocycles. The molecule has 1 amide bonds. The van der Waals surface area contributed by atoms with Crippen molar-refractivity contribution < 1.29 is 28.2 Å². The van der Waals surface area contributed by atoms with E-state index in [1.54, 1.807) is 37.5 Å². The first-order chi connectivity index (χ1) is 19.2. The highest BCUT2D eigenvalue weighted by molar-refractivity contribution is 6.01. The van der Waals surface area contributed by atoms with Gasteiger partial charge in [0.25, 0.3) is 11.5 Å². The van der Waals surface area contributed by atoms with Gasteiger partial charge in [-0.1, -0.05) is 36.4 Å². The summed E-state index contributed by atoms with van der Waals surface area (Å²) < 4.78 is 35.5. The number of ether oxygens (including phenoxy) is 1. The van der Waals surface area contributed by atoms with Crippen molar-refractivity contribution in [2.75, 3.05) is 7.11 Å². The quantitative estimate of drug-likeness (QED) is 0.314. The van der Waals surface area contributed by atoms with E-state index in [0.717, 1.165) is 23.6 Å². The lowest BCUT2D eigenvalue weighted by Crippen LogP contribution is -2.43. The Morgan fingerprint density at radius 1 is 1.00 bits per heavy atom. The van der Waals surface area contributed by atoms with Crippen molar-refractivity contribution in [3.63, 3.8) is 0 Å². The number of amides is 1. The molecule has 8 nitrogen and oxygen atoms in total. The third kappa shape index (κ3) is 4.53. The predicted molar refractivity (Wildman–Crippen MR) is 145 cm³/mol. The number of carboxylic acids is 1. The summed E-state index contributed by atoms with van der Waals surface area (Å²) in [5.74, 6) is -4.41. The molecule has 3 aromatic carbocycles. The fourth-order valence-corrected chi connectivity index (χ4v) is 4.89. The van der Waals surface area contributed by atoms with E-state index < -0.39 is 35.1 Å². The number of aryl methyl sites for hydroxylation is 1. The Morgan fingerprint density at radius 3 is 2.40 bits per heavy atom. The van der Waals surface area contributed by atoms with Crippen molar-refractivity contribution in [2.24, 2.45) is 7.05 Å². The van der Waals surface area contributed by atoms with Gasteiger partial charge in [0.1, 0.15) is 29.0 Å². The molecule has 0 aliphatic carbocycles. The molecule has 0 saturated carbocycles. The monoisotopic (exact) mass is 543 g/mol. The first kappa shape index (κ1) is 26.5. The van der Waals surface area contributed by atoms with Gasteiger partial charge in [-0.05, 0) is 35.9 Å². The summed E-state index contributed by atoms with van der Waals surface area (Å²) in [6, 6.07) is 15.4. The molecule has 0 aliphatic heterocycles. The smallest absolute Gasteiger partial charge is 0.326 e. The van der Waals surface area contributed by atoms with Crippen LogP contribution in [0.15, 0.2) is 77.7 Å². The number of hydrogen-bond acceptors (Lipinski definition) is 5. The van der Waals surface area contributed by atoms with Gasteiger partial charge >= 0.3 is 5.97 Å². The minimum absolute atomic E-state index is 0.216. The first-order valence-corrected chi connectivity index (χ1v) is 12.2. The zero-order chi connectivity index (χ0) is 28.6. The summed E-state index contributed by atoms with van der Waals surface area (Å²) in [6.07, 6.45) is 1.33. The minimum Gasteiger partial charge on any atom is -0.495 e. The fourth-order valence-electron chi connectivity index (χ4n) is 4.89. The van der Waals surface area contributed by atoms with Crippen LogP contribution in [0.4, 0.5) is 8.78 Å². The Morgan fingerprint density at radius 2 is 1.70 bits per heavy atom. The standard InChI is InChI=1S/C30H23F2N3O5/c1-35-23-11-4-3-7-18(23)27(40-2)24(29(35)37)19-13-12-16(17-8-6-14-33-26(17)19)15-22(30(38)39)34-28(36)25-20(31)9-5-10-21(25)32/h3-14,22H,15H2,1-2H3,(H,34,36)(H,38,39)/t22-/m0/s1. The number of hydrogen-bond donors (Lipinski definition) is 2. The van der Waals surface area contributed by atoms with Crippen LogP contribution in [0.1, 0.15) is 15.9 Å². The number of methoxy groups -OCH3 is 1. The number of nitrogens with zero attached hydrogens (tertiary/aromatic N) is 2. The average Bonchev–Trinajstić information content (AvgIpc) is 2.94. The zero-order valence-corrected chi connectivity index (χ0v) is 21.4. The Balaban J connectivity index is 1.61. The zero-order valence-electron chi connectivity index (χ0n) is 21.4. The number of carboxylic acid groups (broad SMARTS) is 1. The molecule has 40 heavy (non-hydrogen) atoms. The maximum absolute atomic E-state index is 14.1. The van der Waals surface area contributed by atoms with E-state index in [2.05, 4.69) is 10.3 Å². The van der Waals surface area contributed by atoms with E-state index in [-0.39, 0.29) is 17.5 Å². The van der Waals surface area contributed by atoms with Crippen molar-refractivity contribution in [3.05, 3.63) is 106 Å². The van der Waals surface area contributed by atoms with Gasteiger partial charge in [-0.3, -0.25) is 14.6 Å². The average molecular weight is 544 g/mol. The largest absolute Gasteiger partial charge is 0.495 e. The summed E-state index contributed by atoms with van der Waals surface area (Å²) in [5, 5.41) is 13.3. The van der Waals surface area contributed by atoms with Crippen LogP contribution in [0.2, 0.25) is 0 Å². The summed E-state index contributed by atoms with van der Waals surface area (Å²) >= 11 is 0. The predicted octanol–water partition coefficient (Wildman–Crippen LogP) is 4.47. The number of aromatic nitrogens is 2. The topological polar surface area (TPSA) is 111 Å². The lowest BCUT2D eigenvalue weighted by atomic mass is 9.94. The van der Waals surface area contributed by atoms with Crippen LogP contribution in [0, 0.1) is 11.6 Å². The maximum atomic E-state index is 14.1. The molecule has 0 unspecified atom stereocenters. The molecule has 1 atom stereocenters. The van der Waals surface area contributed by atoms with Crippen LogP contribution in [-0.4, -0.2) is 39.7 Å². The number of para-hydroxylation sites is 1. The molecule has 10 heteroatoms. The minimum atomic E-state index is -1.51. The van der Waals surface area contributed by atoms with E-state index in [4.69, 9.17) is 4.74 Å². The van der Waals surface area contributed by atoms with Crippen LogP contribution in [0.5, 0.6) is 5.75 Å². The van der Waals surface area contributed by atoms with Crippen molar-refractivity contribution in [1.82, 2.24) is 14.9 Å². The second kappa shape index (κ2) is 10.6. The molecule has 0 radical (unpaired) electrons.